The first-order valence-electron chi connectivity index (χ1n) is 3.60. The van der Waals surface area contributed by atoms with Gasteiger partial charge in [0.2, 0.25) is 0 Å². The highest BCUT2D eigenvalue weighted by Crippen LogP contribution is 2.36. The van der Waals surface area contributed by atoms with Gasteiger partial charge in [0, 0.05) is 5.38 Å². The van der Waals surface area contributed by atoms with Gasteiger partial charge in [-0.15, -0.1) is 11.3 Å². The van der Waals surface area contributed by atoms with Crippen LogP contribution >= 0.6 is 22.9 Å². The minimum absolute atomic E-state index is 0.557. The molecule has 0 saturated heterocycles. The van der Waals surface area contributed by atoms with Crippen LogP contribution in [0, 0.1) is 6.92 Å². The van der Waals surface area contributed by atoms with E-state index in [1.54, 1.807) is 5.38 Å². The fourth-order valence-electron chi connectivity index (χ4n) is 1.02. The molecule has 0 bridgehead atoms. The molecule has 0 unspecified atom stereocenters. The van der Waals surface area contributed by atoms with Crippen LogP contribution < -0.4 is 5.73 Å². The van der Waals surface area contributed by atoms with Crippen LogP contribution in [0.3, 0.4) is 0 Å². The summed E-state index contributed by atoms with van der Waals surface area (Å²) in [6.45, 7) is 1.83. The second kappa shape index (κ2) is 3.01. The summed E-state index contributed by atoms with van der Waals surface area (Å²) in [5.74, 6) is 1.30. The third-order valence-electron chi connectivity index (χ3n) is 1.60. The van der Waals surface area contributed by atoms with Gasteiger partial charge in [0.25, 0.3) is 0 Å². The molecule has 2 heterocycles. The average molecular weight is 215 g/mol. The van der Waals surface area contributed by atoms with Crippen molar-refractivity contribution in [3.05, 3.63) is 16.2 Å². The molecule has 0 amide bonds. The Morgan fingerprint density at radius 2 is 2.38 bits per heavy atom. The lowest BCUT2D eigenvalue weighted by Crippen LogP contribution is -1.86. The van der Waals surface area contributed by atoms with E-state index in [9.17, 15) is 0 Å². The largest absolute Gasteiger partial charge is 0.390 e. The van der Waals surface area contributed by atoms with Crippen molar-refractivity contribution in [2.45, 2.75) is 6.92 Å². The van der Waals surface area contributed by atoms with Crippen LogP contribution in [0.2, 0.25) is 5.02 Å². The van der Waals surface area contributed by atoms with Crippen LogP contribution in [0.4, 0.5) is 5.00 Å². The first kappa shape index (κ1) is 8.52. The van der Waals surface area contributed by atoms with Crippen LogP contribution in [0.1, 0.15) is 5.82 Å². The van der Waals surface area contributed by atoms with E-state index in [0.29, 0.717) is 15.8 Å². The Bertz CT molecular complexity index is 414. The molecule has 2 aromatic heterocycles. The first-order chi connectivity index (χ1) is 6.18. The summed E-state index contributed by atoms with van der Waals surface area (Å²) < 4.78 is 0. The smallest absolute Gasteiger partial charge is 0.185 e. The second-order valence-electron chi connectivity index (χ2n) is 2.57. The average Bonchev–Trinajstić information content (AvgIpc) is 2.60. The molecule has 68 valence electrons. The third kappa shape index (κ3) is 1.40. The predicted octanol–water partition coefficient (Wildman–Crippen LogP) is 2.08. The minimum Gasteiger partial charge on any atom is -0.390 e. The molecule has 0 spiro atoms. The zero-order valence-electron chi connectivity index (χ0n) is 6.84. The van der Waals surface area contributed by atoms with Crippen molar-refractivity contribution in [3.63, 3.8) is 0 Å². The Morgan fingerprint density at radius 1 is 1.62 bits per heavy atom. The van der Waals surface area contributed by atoms with Crippen molar-refractivity contribution in [2.24, 2.45) is 0 Å². The number of aromatic nitrogens is 3. The van der Waals surface area contributed by atoms with E-state index in [2.05, 4.69) is 15.2 Å². The predicted molar refractivity (Wildman–Crippen MR) is 53.9 cm³/mol. The summed E-state index contributed by atoms with van der Waals surface area (Å²) in [7, 11) is 0. The van der Waals surface area contributed by atoms with Crippen molar-refractivity contribution in [2.75, 3.05) is 5.73 Å². The highest BCUT2D eigenvalue weighted by Gasteiger charge is 2.13. The van der Waals surface area contributed by atoms with Gasteiger partial charge < -0.3 is 5.73 Å². The zero-order valence-corrected chi connectivity index (χ0v) is 8.41. The number of thiophene rings is 1. The van der Waals surface area contributed by atoms with Crippen molar-refractivity contribution in [1.82, 2.24) is 15.2 Å². The van der Waals surface area contributed by atoms with Crippen LogP contribution in [-0.2, 0) is 0 Å². The second-order valence-corrected chi connectivity index (χ2v) is 3.89. The maximum Gasteiger partial charge on any atom is 0.185 e. The zero-order chi connectivity index (χ0) is 9.42. The SMILES string of the molecule is Cc1nc(-c2c(Cl)csc2N)n[nH]1. The van der Waals surface area contributed by atoms with Crippen LogP contribution in [-0.4, -0.2) is 15.2 Å². The van der Waals surface area contributed by atoms with Gasteiger partial charge >= 0.3 is 0 Å². The highest BCUT2D eigenvalue weighted by atomic mass is 35.5. The lowest BCUT2D eigenvalue weighted by Gasteiger charge is -1.92. The van der Waals surface area contributed by atoms with Gasteiger partial charge in [0.05, 0.1) is 15.6 Å². The summed E-state index contributed by atoms with van der Waals surface area (Å²) in [5.41, 5.74) is 6.44. The molecule has 13 heavy (non-hydrogen) atoms. The van der Waals surface area contributed by atoms with Gasteiger partial charge in [-0.05, 0) is 6.92 Å². The van der Waals surface area contributed by atoms with Gasteiger partial charge in [-0.1, -0.05) is 11.6 Å². The molecule has 0 radical (unpaired) electrons. The molecule has 0 aliphatic carbocycles. The lowest BCUT2D eigenvalue weighted by molar-refractivity contribution is 1.04. The lowest BCUT2D eigenvalue weighted by atomic mass is 10.3. The molecule has 0 aliphatic heterocycles. The summed E-state index contributed by atoms with van der Waals surface area (Å²) in [6, 6.07) is 0. The summed E-state index contributed by atoms with van der Waals surface area (Å²) in [5, 5.41) is 9.74. The van der Waals surface area contributed by atoms with Crippen molar-refractivity contribution in [1.29, 1.82) is 0 Å². The number of nitrogens with one attached hydrogen (secondary N) is 1. The molecule has 0 atom stereocenters. The molecule has 0 saturated carbocycles. The minimum atomic E-state index is 0.557. The number of hydrogen-bond donors (Lipinski definition) is 2. The Hall–Kier alpha value is -1.07. The number of nitrogens with zero attached hydrogens (tertiary/aromatic N) is 2. The van der Waals surface area contributed by atoms with Crippen LogP contribution in [0.5, 0.6) is 0 Å². The van der Waals surface area contributed by atoms with Gasteiger partial charge in [-0.25, -0.2) is 4.98 Å². The van der Waals surface area contributed by atoms with Crippen molar-refractivity contribution >= 4 is 27.9 Å². The molecule has 4 nitrogen and oxygen atoms in total. The van der Waals surface area contributed by atoms with Crippen LogP contribution in [0.25, 0.3) is 11.4 Å². The molecule has 2 aromatic rings. The molecule has 3 N–H and O–H groups in total. The number of H-pyrrole nitrogens is 1. The summed E-state index contributed by atoms with van der Waals surface area (Å²) >= 11 is 7.31. The molecule has 0 fully saturated rings. The van der Waals surface area contributed by atoms with Gasteiger partial charge in [0.1, 0.15) is 5.82 Å². The number of nitrogens with two attached hydrogens (primary N) is 1. The van der Waals surface area contributed by atoms with E-state index >= 15 is 0 Å². The van der Waals surface area contributed by atoms with Gasteiger partial charge in [-0.2, -0.15) is 5.10 Å². The van der Waals surface area contributed by atoms with E-state index in [4.69, 9.17) is 17.3 Å². The topological polar surface area (TPSA) is 67.6 Å². The molecule has 2 rings (SSSR count). The van der Waals surface area contributed by atoms with E-state index < -0.39 is 0 Å². The quantitative estimate of drug-likeness (QED) is 0.764. The first-order valence-corrected chi connectivity index (χ1v) is 4.86. The van der Waals surface area contributed by atoms with Gasteiger partial charge in [0.15, 0.2) is 5.82 Å². The Morgan fingerprint density at radius 3 is 2.85 bits per heavy atom. The fraction of sp³-hybridized carbons (Fsp3) is 0.143. The van der Waals surface area contributed by atoms with Gasteiger partial charge in [-0.3, -0.25) is 5.10 Å². The van der Waals surface area contributed by atoms with Crippen LogP contribution in [0.15, 0.2) is 5.38 Å². The Kier molecular flexibility index (Phi) is 1.97. The highest BCUT2D eigenvalue weighted by molar-refractivity contribution is 7.15. The molecule has 0 aromatic carbocycles. The number of hydrogen-bond acceptors (Lipinski definition) is 4. The van der Waals surface area contributed by atoms with E-state index in [0.717, 1.165) is 11.4 Å². The maximum absolute atomic E-state index is 5.93. The fourth-order valence-corrected chi connectivity index (χ4v) is 2.07. The number of rotatable bonds is 1. The molecular formula is C7H7ClN4S. The maximum atomic E-state index is 5.93. The Balaban J connectivity index is 2.57. The van der Waals surface area contributed by atoms with Crippen molar-refractivity contribution < 1.29 is 0 Å². The number of halogens is 1. The number of aryl methyl sites for hydroxylation is 1. The third-order valence-corrected chi connectivity index (χ3v) is 2.83. The molecular weight excluding hydrogens is 208 g/mol. The summed E-state index contributed by atoms with van der Waals surface area (Å²) in [6.07, 6.45) is 0. The standard InChI is InChI=1S/C7H7ClN4S/c1-3-10-7(12-11-3)5-4(8)2-13-6(5)9/h2H,9H2,1H3,(H,10,11,12). The monoisotopic (exact) mass is 214 g/mol. The Labute approximate surface area is 83.8 Å². The molecule has 6 heteroatoms. The number of aromatic amines is 1. The number of nitrogen functional groups attached to an aromatic ring is 1. The normalized spacial score (nSPS) is 10.6. The molecule has 0 aliphatic rings. The van der Waals surface area contributed by atoms with E-state index in [1.807, 2.05) is 6.92 Å². The van der Waals surface area contributed by atoms with E-state index in [1.165, 1.54) is 11.3 Å². The summed E-state index contributed by atoms with van der Waals surface area (Å²) in [4.78, 5) is 4.15. The van der Waals surface area contributed by atoms with Crippen molar-refractivity contribution in [3.8, 4) is 11.4 Å². The van der Waals surface area contributed by atoms with E-state index in [-0.39, 0.29) is 0 Å². The number of anilines is 1.